The van der Waals surface area contributed by atoms with E-state index < -0.39 is 0 Å². The monoisotopic (exact) mass is 367 g/mol. The summed E-state index contributed by atoms with van der Waals surface area (Å²) in [6.45, 7) is 4.70. The molecule has 1 saturated carbocycles. The molecule has 142 valence electrons. The molecule has 0 radical (unpaired) electrons. The van der Waals surface area contributed by atoms with Gasteiger partial charge in [-0.2, -0.15) is 5.10 Å². The Kier molecular flexibility index (Phi) is 4.68. The third-order valence-corrected chi connectivity index (χ3v) is 5.68. The highest BCUT2D eigenvalue weighted by molar-refractivity contribution is 5.98. The van der Waals surface area contributed by atoms with Crippen LogP contribution < -0.4 is 10.6 Å². The molecule has 4 rings (SSSR count). The molecular formula is C20H25N5O2. The van der Waals surface area contributed by atoms with Crippen LogP contribution in [-0.2, 0) is 16.1 Å². The van der Waals surface area contributed by atoms with Crippen LogP contribution in [0.5, 0.6) is 0 Å². The Hall–Kier alpha value is -2.70. The van der Waals surface area contributed by atoms with E-state index in [0.29, 0.717) is 13.0 Å². The van der Waals surface area contributed by atoms with E-state index >= 15 is 0 Å². The molecule has 0 bridgehead atoms. The van der Waals surface area contributed by atoms with E-state index in [1.54, 1.807) is 0 Å². The molecule has 27 heavy (non-hydrogen) atoms. The zero-order valence-corrected chi connectivity index (χ0v) is 15.8. The second-order valence-electron chi connectivity index (χ2n) is 7.46. The van der Waals surface area contributed by atoms with Gasteiger partial charge in [0.2, 0.25) is 11.8 Å². The van der Waals surface area contributed by atoms with Crippen LogP contribution in [0.2, 0.25) is 0 Å². The van der Waals surface area contributed by atoms with Gasteiger partial charge in [0.15, 0.2) is 0 Å². The van der Waals surface area contributed by atoms with Crippen LogP contribution in [0.4, 0.5) is 11.4 Å². The number of benzene rings is 1. The summed E-state index contributed by atoms with van der Waals surface area (Å²) in [7, 11) is 0. The zero-order valence-electron chi connectivity index (χ0n) is 15.8. The fraction of sp³-hybridized carbons (Fsp3) is 0.500. The normalized spacial score (nSPS) is 19.6. The molecule has 1 fully saturated rings. The van der Waals surface area contributed by atoms with Gasteiger partial charge in [0, 0.05) is 30.3 Å². The average Bonchev–Trinajstić information content (AvgIpc) is 3.33. The van der Waals surface area contributed by atoms with Gasteiger partial charge in [-0.25, -0.2) is 9.67 Å². The maximum absolute atomic E-state index is 12.5. The number of aryl methyl sites for hydroxylation is 2. The number of nitrogens with one attached hydrogen (secondary N) is 2. The lowest BCUT2D eigenvalue weighted by atomic mass is 9.88. The van der Waals surface area contributed by atoms with Crippen LogP contribution in [0.1, 0.15) is 61.9 Å². The standard InChI is InChI=1S/C20H25N5O2/c1-3-25-19(21-11-22-25)15-9-18(26)23-17-10-16(12(2)8-14(15)17)24-20(27)13-6-4-5-7-13/h8,10-11,13,15H,3-7,9H2,1-2H3,(H,23,26)(H,24,27). The Morgan fingerprint density at radius 3 is 2.85 bits per heavy atom. The number of nitrogens with zero attached hydrogens (tertiary/aromatic N) is 3. The second kappa shape index (κ2) is 7.13. The lowest BCUT2D eigenvalue weighted by Gasteiger charge is -2.27. The molecule has 7 heteroatoms. The number of carbonyl (C=O) groups is 2. The second-order valence-corrected chi connectivity index (χ2v) is 7.46. The van der Waals surface area contributed by atoms with E-state index in [9.17, 15) is 9.59 Å². The van der Waals surface area contributed by atoms with Crippen molar-refractivity contribution >= 4 is 23.2 Å². The first-order valence-electron chi connectivity index (χ1n) is 9.69. The van der Waals surface area contributed by atoms with Crippen molar-refractivity contribution in [2.24, 2.45) is 5.92 Å². The molecule has 0 saturated heterocycles. The van der Waals surface area contributed by atoms with Crippen molar-refractivity contribution in [2.45, 2.75) is 58.4 Å². The molecule has 2 amide bonds. The van der Waals surface area contributed by atoms with Gasteiger partial charge in [-0.15, -0.1) is 0 Å². The number of amides is 2. The smallest absolute Gasteiger partial charge is 0.227 e. The van der Waals surface area contributed by atoms with Crippen molar-refractivity contribution in [2.75, 3.05) is 10.6 Å². The number of hydrogen-bond donors (Lipinski definition) is 2. The van der Waals surface area contributed by atoms with Crippen molar-refractivity contribution < 1.29 is 9.59 Å². The van der Waals surface area contributed by atoms with Gasteiger partial charge in [-0.3, -0.25) is 9.59 Å². The van der Waals surface area contributed by atoms with Gasteiger partial charge in [-0.1, -0.05) is 18.9 Å². The number of anilines is 2. The van der Waals surface area contributed by atoms with E-state index in [4.69, 9.17) is 0 Å². The number of rotatable bonds is 4. The maximum Gasteiger partial charge on any atom is 0.227 e. The van der Waals surface area contributed by atoms with Gasteiger partial charge in [0.25, 0.3) is 0 Å². The molecule has 1 atom stereocenters. The van der Waals surface area contributed by atoms with Gasteiger partial charge in [0.05, 0.1) is 5.92 Å². The summed E-state index contributed by atoms with van der Waals surface area (Å²) in [6.07, 6.45) is 6.05. The van der Waals surface area contributed by atoms with Gasteiger partial charge in [0.1, 0.15) is 12.2 Å². The van der Waals surface area contributed by atoms with E-state index in [0.717, 1.165) is 54.0 Å². The summed E-state index contributed by atoms with van der Waals surface area (Å²) in [5.41, 5.74) is 3.52. The molecule has 2 aromatic rings. The largest absolute Gasteiger partial charge is 0.326 e. The fourth-order valence-electron chi connectivity index (χ4n) is 4.20. The summed E-state index contributed by atoms with van der Waals surface area (Å²) in [5, 5.41) is 10.3. The van der Waals surface area contributed by atoms with E-state index in [-0.39, 0.29) is 23.7 Å². The average molecular weight is 367 g/mol. The first-order valence-corrected chi connectivity index (χ1v) is 9.69. The molecule has 1 aliphatic heterocycles. The summed E-state index contributed by atoms with van der Waals surface area (Å²) in [4.78, 5) is 29.2. The molecule has 7 nitrogen and oxygen atoms in total. The van der Waals surface area contributed by atoms with Crippen LogP contribution in [0.3, 0.4) is 0 Å². The lowest BCUT2D eigenvalue weighted by Crippen LogP contribution is -2.26. The molecule has 1 aromatic heterocycles. The van der Waals surface area contributed by atoms with Gasteiger partial charge >= 0.3 is 0 Å². The van der Waals surface area contributed by atoms with Crippen molar-refractivity contribution in [1.29, 1.82) is 0 Å². The highest BCUT2D eigenvalue weighted by Crippen LogP contribution is 2.39. The predicted molar refractivity (Wildman–Crippen MR) is 103 cm³/mol. The maximum atomic E-state index is 12.5. The number of fused-ring (bicyclic) bond motifs is 1. The van der Waals surface area contributed by atoms with Crippen LogP contribution in [-0.4, -0.2) is 26.6 Å². The number of carbonyl (C=O) groups excluding carboxylic acids is 2. The van der Waals surface area contributed by atoms with E-state index in [1.165, 1.54) is 6.33 Å². The Morgan fingerprint density at radius 2 is 2.11 bits per heavy atom. The minimum absolute atomic E-state index is 0.0462. The van der Waals surface area contributed by atoms with E-state index in [2.05, 4.69) is 26.8 Å². The summed E-state index contributed by atoms with van der Waals surface area (Å²) in [5.74, 6) is 0.811. The Labute approximate surface area is 158 Å². The van der Waals surface area contributed by atoms with Gasteiger partial charge < -0.3 is 10.6 Å². The van der Waals surface area contributed by atoms with Crippen molar-refractivity contribution in [1.82, 2.24) is 14.8 Å². The number of hydrogen-bond acceptors (Lipinski definition) is 4. The van der Waals surface area contributed by atoms with Crippen LogP contribution >= 0.6 is 0 Å². The number of aromatic nitrogens is 3. The van der Waals surface area contributed by atoms with Crippen LogP contribution in [0, 0.1) is 12.8 Å². The fourth-order valence-corrected chi connectivity index (χ4v) is 4.20. The third kappa shape index (κ3) is 3.34. The van der Waals surface area contributed by atoms with Crippen LogP contribution in [0.15, 0.2) is 18.5 Å². The van der Waals surface area contributed by atoms with E-state index in [1.807, 2.05) is 24.6 Å². The first kappa shape index (κ1) is 17.7. The lowest BCUT2D eigenvalue weighted by molar-refractivity contribution is -0.119. The molecule has 2 heterocycles. The Bertz CT molecular complexity index is 882. The predicted octanol–water partition coefficient (Wildman–Crippen LogP) is 3.21. The third-order valence-electron chi connectivity index (χ3n) is 5.68. The van der Waals surface area contributed by atoms with Crippen molar-refractivity contribution in [3.63, 3.8) is 0 Å². The summed E-state index contributed by atoms with van der Waals surface area (Å²) >= 11 is 0. The Morgan fingerprint density at radius 1 is 1.33 bits per heavy atom. The van der Waals surface area contributed by atoms with Gasteiger partial charge in [-0.05, 0) is 43.9 Å². The summed E-state index contributed by atoms with van der Waals surface area (Å²) < 4.78 is 1.83. The molecule has 1 aliphatic carbocycles. The zero-order chi connectivity index (χ0) is 19.0. The SMILES string of the molecule is CCn1ncnc1C1CC(=O)Nc2cc(NC(=O)C3CCCC3)c(C)cc21. The molecular weight excluding hydrogens is 342 g/mol. The minimum Gasteiger partial charge on any atom is -0.326 e. The summed E-state index contributed by atoms with van der Waals surface area (Å²) in [6, 6.07) is 3.94. The molecule has 1 unspecified atom stereocenters. The first-order chi connectivity index (χ1) is 13.1. The molecule has 0 spiro atoms. The van der Waals surface area contributed by atoms with Crippen LogP contribution in [0.25, 0.3) is 0 Å². The molecule has 2 N–H and O–H groups in total. The highest BCUT2D eigenvalue weighted by Gasteiger charge is 2.31. The Balaban J connectivity index is 1.67. The van der Waals surface area contributed by atoms with Crippen molar-refractivity contribution in [3.05, 3.63) is 35.4 Å². The topological polar surface area (TPSA) is 88.9 Å². The highest BCUT2D eigenvalue weighted by atomic mass is 16.2. The minimum atomic E-state index is -0.130. The quantitative estimate of drug-likeness (QED) is 0.868. The van der Waals surface area contributed by atoms with Crippen molar-refractivity contribution in [3.8, 4) is 0 Å². The molecule has 1 aromatic carbocycles. The molecule has 2 aliphatic rings.